The van der Waals surface area contributed by atoms with Crippen molar-refractivity contribution in [3.8, 4) is 0 Å². The Balaban J connectivity index is 2.92. The van der Waals surface area contributed by atoms with Crippen LogP contribution in [-0.2, 0) is 9.59 Å². The number of nitrogens with zero attached hydrogens (tertiary/aromatic N) is 2. The van der Waals surface area contributed by atoms with Crippen molar-refractivity contribution in [2.24, 2.45) is 0 Å². The lowest BCUT2D eigenvalue weighted by Gasteiger charge is -2.28. The van der Waals surface area contributed by atoms with Gasteiger partial charge in [-0.2, -0.15) is 0 Å². The van der Waals surface area contributed by atoms with Crippen molar-refractivity contribution in [3.63, 3.8) is 0 Å². The summed E-state index contributed by atoms with van der Waals surface area (Å²) in [5, 5.41) is 0.918. The Labute approximate surface area is 129 Å². The number of carbonyl (C=O) groups is 2. The molecule has 2 amide bonds. The molecule has 1 atom stereocenters. The first kappa shape index (κ1) is 16.8. The number of rotatable bonds is 6. The summed E-state index contributed by atoms with van der Waals surface area (Å²) >= 11 is 11.9. The minimum Gasteiger partial charge on any atom is -0.334 e. The molecule has 20 heavy (non-hydrogen) atoms. The molecule has 0 aliphatic carbocycles. The quantitative estimate of drug-likeness (QED) is 0.756. The first-order valence-corrected chi connectivity index (χ1v) is 7.11. The summed E-state index contributed by atoms with van der Waals surface area (Å²) in [5.41, 5.74) is 0.599. The molecule has 0 fully saturated rings. The Bertz CT molecular complexity index is 474. The average Bonchev–Trinajstić information content (AvgIpc) is 2.41. The lowest BCUT2D eigenvalue weighted by Crippen LogP contribution is -2.45. The van der Waals surface area contributed by atoms with Gasteiger partial charge in [0.2, 0.25) is 12.3 Å². The van der Waals surface area contributed by atoms with Gasteiger partial charge in [-0.15, -0.1) is 0 Å². The van der Waals surface area contributed by atoms with E-state index in [0.29, 0.717) is 28.7 Å². The summed E-state index contributed by atoms with van der Waals surface area (Å²) in [5.74, 6) is -0.191. The molecular formula is C14H18Cl2N2O2. The van der Waals surface area contributed by atoms with E-state index in [0.717, 1.165) is 6.42 Å². The molecule has 0 aliphatic rings. The van der Waals surface area contributed by atoms with E-state index in [-0.39, 0.29) is 5.91 Å². The van der Waals surface area contributed by atoms with Gasteiger partial charge in [-0.05, 0) is 31.5 Å². The molecule has 0 spiro atoms. The largest absolute Gasteiger partial charge is 0.334 e. The lowest BCUT2D eigenvalue weighted by atomic mass is 10.2. The van der Waals surface area contributed by atoms with E-state index in [1.54, 1.807) is 32.2 Å². The Morgan fingerprint density at radius 1 is 1.30 bits per heavy atom. The second-order valence-corrected chi connectivity index (χ2v) is 5.42. The van der Waals surface area contributed by atoms with Crippen LogP contribution in [0.15, 0.2) is 18.2 Å². The van der Waals surface area contributed by atoms with Crippen LogP contribution in [0.5, 0.6) is 0 Å². The highest BCUT2D eigenvalue weighted by molar-refractivity contribution is 6.35. The maximum absolute atomic E-state index is 12.4. The normalized spacial score (nSPS) is 11.8. The summed E-state index contributed by atoms with van der Waals surface area (Å²) in [6, 6.07) is 4.38. The molecule has 0 saturated heterocycles. The zero-order chi connectivity index (χ0) is 15.3. The number of benzene rings is 1. The van der Waals surface area contributed by atoms with E-state index < -0.39 is 6.04 Å². The molecule has 6 heteroatoms. The number of amides is 2. The highest BCUT2D eigenvalue weighted by Gasteiger charge is 2.23. The molecule has 0 heterocycles. The number of anilines is 1. The lowest BCUT2D eigenvalue weighted by molar-refractivity contribution is -0.130. The SMILES string of the molecule is CCCN(C=O)C(C)C(=O)N(C)c1cc(Cl)cc(Cl)c1. The fourth-order valence-electron chi connectivity index (χ4n) is 1.88. The van der Waals surface area contributed by atoms with Crippen LogP contribution in [0, 0.1) is 0 Å². The van der Waals surface area contributed by atoms with E-state index in [4.69, 9.17) is 23.2 Å². The number of hydrogen-bond donors (Lipinski definition) is 0. The maximum Gasteiger partial charge on any atom is 0.249 e. The van der Waals surface area contributed by atoms with Crippen LogP contribution in [0.1, 0.15) is 20.3 Å². The first-order valence-electron chi connectivity index (χ1n) is 6.35. The average molecular weight is 317 g/mol. The van der Waals surface area contributed by atoms with E-state index >= 15 is 0 Å². The van der Waals surface area contributed by atoms with Gasteiger partial charge in [0, 0.05) is 29.3 Å². The van der Waals surface area contributed by atoms with Gasteiger partial charge in [0.1, 0.15) is 6.04 Å². The summed E-state index contributed by atoms with van der Waals surface area (Å²) in [7, 11) is 1.63. The van der Waals surface area contributed by atoms with Crippen LogP contribution in [0.4, 0.5) is 5.69 Å². The molecule has 0 aliphatic heterocycles. The molecular weight excluding hydrogens is 299 g/mol. The third-order valence-electron chi connectivity index (χ3n) is 3.04. The van der Waals surface area contributed by atoms with Crippen molar-refractivity contribution < 1.29 is 9.59 Å². The molecule has 0 N–H and O–H groups in total. The zero-order valence-electron chi connectivity index (χ0n) is 11.8. The standard InChI is InChI=1S/C14H18Cl2N2O2/c1-4-5-18(9-19)10(2)14(20)17(3)13-7-11(15)6-12(16)8-13/h6-10H,4-5H2,1-3H3. The van der Waals surface area contributed by atoms with Crippen LogP contribution in [0.25, 0.3) is 0 Å². The molecule has 1 rings (SSSR count). The van der Waals surface area contributed by atoms with Crippen molar-refractivity contribution >= 4 is 41.2 Å². The number of hydrogen-bond acceptors (Lipinski definition) is 2. The van der Waals surface area contributed by atoms with E-state index in [2.05, 4.69) is 0 Å². The summed E-state index contributed by atoms with van der Waals surface area (Å²) in [6.07, 6.45) is 1.49. The van der Waals surface area contributed by atoms with Crippen LogP contribution >= 0.6 is 23.2 Å². The number of halogens is 2. The van der Waals surface area contributed by atoms with Gasteiger partial charge in [0.25, 0.3) is 0 Å². The van der Waals surface area contributed by atoms with E-state index in [9.17, 15) is 9.59 Å². The van der Waals surface area contributed by atoms with Crippen LogP contribution < -0.4 is 4.90 Å². The van der Waals surface area contributed by atoms with Gasteiger partial charge >= 0.3 is 0 Å². The van der Waals surface area contributed by atoms with Crippen molar-refractivity contribution in [3.05, 3.63) is 28.2 Å². The van der Waals surface area contributed by atoms with Gasteiger partial charge in [-0.3, -0.25) is 9.59 Å². The Hall–Kier alpha value is -1.26. The van der Waals surface area contributed by atoms with Crippen LogP contribution in [0.2, 0.25) is 10.0 Å². The number of likely N-dealkylation sites (N-methyl/N-ethyl adjacent to an activating group) is 1. The van der Waals surface area contributed by atoms with Gasteiger partial charge < -0.3 is 9.80 Å². The third kappa shape index (κ3) is 4.12. The molecule has 1 aromatic rings. The van der Waals surface area contributed by atoms with E-state index in [1.165, 1.54) is 9.80 Å². The van der Waals surface area contributed by atoms with E-state index in [1.807, 2.05) is 6.92 Å². The van der Waals surface area contributed by atoms with Crippen molar-refractivity contribution in [1.82, 2.24) is 4.90 Å². The monoisotopic (exact) mass is 316 g/mol. The number of carbonyl (C=O) groups excluding carboxylic acids is 2. The molecule has 0 saturated carbocycles. The molecule has 1 aromatic carbocycles. The molecule has 110 valence electrons. The molecule has 1 unspecified atom stereocenters. The van der Waals surface area contributed by atoms with Gasteiger partial charge in [0.05, 0.1) is 0 Å². The minimum absolute atomic E-state index is 0.191. The smallest absolute Gasteiger partial charge is 0.249 e. The summed E-state index contributed by atoms with van der Waals surface area (Å²) < 4.78 is 0. The van der Waals surface area contributed by atoms with Gasteiger partial charge in [0.15, 0.2) is 0 Å². The minimum atomic E-state index is -0.532. The topological polar surface area (TPSA) is 40.6 Å². The van der Waals surface area contributed by atoms with Gasteiger partial charge in [-0.25, -0.2) is 0 Å². The predicted octanol–water partition coefficient (Wildman–Crippen LogP) is 3.21. The predicted molar refractivity (Wildman–Crippen MR) is 82.4 cm³/mol. The fourth-order valence-corrected chi connectivity index (χ4v) is 2.39. The van der Waals surface area contributed by atoms with Crippen molar-refractivity contribution in [2.45, 2.75) is 26.3 Å². The Morgan fingerprint density at radius 3 is 2.30 bits per heavy atom. The second-order valence-electron chi connectivity index (χ2n) is 4.54. The highest BCUT2D eigenvalue weighted by Crippen LogP contribution is 2.25. The zero-order valence-corrected chi connectivity index (χ0v) is 13.3. The Kier molecular flexibility index (Phi) is 6.30. The molecule has 0 bridgehead atoms. The molecule has 4 nitrogen and oxygen atoms in total. The third-order valence-corrected chi connectivity index (χ3v) is 3.47. The summed E-state index contributed by atoms with van der Waals surface area (Å²) in [4.78, 5) is 26.3. The molecule has 0 aromatic heterocycles. The second kappa shape index (κ2) is 7.50. The summed E-state index contributed by atoms with van der Waals surface area (Å²) in [6.45, 7) is 4.20. The van der Waals surface area contributed by atoms with Gasteiger partial charge in [-0.1, -0.05) is 30.1 Å². The van der Waals surface area contributed by atoms with Crippen LogP contribution in [-0.4, -0.2) is 36.9 Å². The maximum atomic E-state index is 12.4. The fraction of sp³-hybridized carbons (Fsp3) is 0.429. The Morgan fingerprint density at radius 2 is 1.85 bits per heavy atom. The molecule has 0 radical (unpaired) electrons. The van der Waals surface area contributed by atoms with Crippen molar-refractivity contribution in [1.29, 1.82) is 0 Å². The highest BCUT2D eigenvalue weighted by atomic mass is 35.5. The van der Waals surface area contributed by atoms with Crippen LogP contribution in [0.3, 0.4) is 0 Å². The van der Waals surface area contributed by atoms with Crippen molar-refractivity contribution in [2.75, 3.05) is 18.5 Å². The first-order chi connectivity index (χ1) is 9.40.